The summed E-state index contributed by atoms with van der Waals surface area (Å²) in [5.74, 6) is 0. The summed E-state index contributed by atoms with van der Waals surface area (Å²) in [6.45, 7) is 3.55. The van der Waals surface area contributed by atoms with E-state index in [1.807, 2.05) is 0 Å². The SMILES string of the molecule is C=CCc1ccc(SC(F)(F)F)cc1. The van der Waals surface area contributed by atoms with Crippen LogP contribution in [0.15, 0.2) is 41.8 Å². The van der Waals surface area contributed by atoms with Crippen LogP contribution in [0.4, 0.5) is 13.2 Å². The van der Waals surface area contributed by atoms with E-state index in [4.69, 9.17) is 0 Å². The highest BCUT2D eigenvalue weighted by Crippen LogP contribution is 2.36. The van der Waals surface area contributed by atoms with Gasteiger partial charge in [0.15, 0.2) is 0 Å². The average molecular weight is 218 g/mol. The fraction of sp³-hybridized carbons (Fsp3) is 0.200. The van der Waals surface area contributed by atoms with Gasteiger partial charge in [0.05, 0.1) is 0 Å². The van der Waals surface area contributed by atoms with Crippen molar-refractivity contribution in [3.8, 4) is 0 Å². The van der Waals surface area contributed by atoms with E-state index < -0.39 is 5.51 Å². The van der Waals surface area contributed by atoms with Gasteiger partial charge in [-0.05, 0) is 35.9 Å². The number of thioether (sulfide) groups is 1. The molecule has 0 fully saturated rings. The first-order valence-electron chi connectivity index (χ1n) is 3.97. The smallest absolute Gasteiger partial charge is 0.160 e. The van der Waals surface area contributed by atoms with Gasteiger partial charge in [0, 0.05) is 4.90 Å². The standard InChI is InChI=1S/C10H9F3S/c1-2-3-8-4-6-9(7-5-8)14-10(11,12)13/h2,4-7H,1,3H2. The summed E-state index contributed by atoms with van der Waals surface area (Å²) in [5.41, 5.74) is -3.24. The highest BCUT2D eigenvalue weighted by Gasteiger charge is 2.28. The van der Waals surface area contributed by atoms with Crippen molar-refractivity contribution in [1.82, 2.24) is 0 Å². The Morgan fingerprint density at radius 3 is 2.21 bits per heavy atom. The highest BCUT2D eigenvalue weighted by molar-refractivity contribution is 8.00. The first kappa shape index (κ1) is 11.2. The summed E-state index contributed by atoms with van der Waals surface area (Å²) in [7, 11) is 0. The van der Waals surface area contributed by atoms with Crippen LogP contribution < -0.4 is 0 Å². The molecule has 0 aliphatic heterocycles. The van der Waals surface area contributed by atoms with E-state index in [1.54, 1.807) is 18.2 Å². The van der Waals surface area contributed by atoms with Crippen LogP contribution in [0.1, 0.15) is 5.56 Å². The third-order valence-electron chi connectivity index (χ3n) is 1.54. The minimum atomic E-state index is -4.21. The molecule has 0 aromatic heterocycles. The quantitative estimate of drug-likeness (QED) is 0.545. The fourth-order valence-corrected chi connectivity index (χ4v) is 1.53. The van der Waals surface area contributed by atoms with Crippen LogP contribution in [-0.2, 0) is 6.42 Å². The Kier molecular flexibility index (Phi) is 3.63. The summed E-state index contributed by atoms with van der Waals surface area (Å²) in [4.78, 5) is 0.213. The van der Waals surface area contributed by atoms with Gasteiger partial charge in [-0.3, -0.25) is 0 Å². The Bertz CT molecular complexity index is 300. The first-order chi connectivity index (χ1) is 6.51. The van der Waals surface area contributed by atoms with E-state index in [9.17, 15) is 13.2 Å². The minimum absolute atomic E-state index is 0.0983. The Morgan fingerprint density at radius 1 is 1.21 bits per heavy atom. The molecule has 76 valence electrons. The molecule has 0 aliphatic carbocycles. The van der Waals surface area contributed by atoms with E-state index >= 15 is 0 Å². The van der Waals surface area contributed by atoms with Crippen LogP contribution in [0.5, 0.6) is 0 Å². The van der Waals surface area contributed by atoms with Gasteiger partial charge in [0.25, 0.3) is 0 Å². The van der Waals surface area contributed by atoms with Crippen LogP contribution >= 0.6 is 11.8 Å². The van der Waals surface area contributed by atoms with Gasteiger partial charge in [0.1, 0.15) is 0 Å². The van der Waals surface area contributed by atoms with E-state index in [-0.39, 0.29) is 16.7 Å². The number of hydrogen-bond donors (Lipinski definition) is 0. The molecule has 0 bridgehead atoms. The minimum Gasteiger partial charge on any atom is -0.160 e. The molecule has 4 heteroatoms. The third-order valence-corrected chi connectivity index (χ3v) is 2.28. The summed E-state index contributed by atoms with van der Waals surface area (Å²) in [5, 5.41) is 0. The molecule has 0 nitrogen and oxygen atoms in total. The van der Waals surface area contributed by atoms with Crippen LogP contribution in [0.2, 0.25) is 0 Å². The molecule has 0 atom stereocenters. The summed E-state index contributed by atoms with van der Waals surface area (Å²) >= 11 is -0.0983. The lowest BCUT2D eigenvalue weighted by Crippen LogP contribution is -1.98. The molecule has 0 unspecified atom stereocenters. The molecule has 0 radical (unpaired) electrons. The Labute approximate surface area is 84.8 Å². The normalized spacial score (nSPS) is 11.4. The lowest BCUT2D eigenvalue weighted by atomic mass is 10.2. The van der Waals surface area contributed by atoms with Crippen LogP contribution in [0.25, 0.3) is 0 Å². The highest BCUT2D eigenvalue weighted by atomic mass is 32.2. The topological polar surface area (TPSA) is 0 Å². The molecule has 0 aliphatic rings. The van der Waals surface area contributed by atoms with Crippen molar-refractivity contribution < 1.29 is 13.2 Å². The van der Waals surface area contributed by atoms with Crippen molar-refractivity contribution in [2.75, 3.05) is 0 Å². The Hall–Kier alpha value is -0.900. The number of halogens is 3. The molecule has 0 saturated carbocycles. The number of allylic oxidation sites excluding steroid dienone is 1. The van der Waals surface area contributed by atoms with Gasteiger partial charge >= 0.3 is 5.51 Å². The number of hydrogen-bond acceptors (Lipinski definition) is 1. The number of alkyl halides is 3. The molecule has 0 saturated heterocycles. The molecular weight excluding hydrogens is 209 g/mol. The van der Waals surface area contributed by atoms with E-state index in [2.05, 4.69) is 6.58 Å². The van der Waals surface area contributed by atoms with Gasteiger partial charge in [-0.1, -0.05) is 18.2 Å². The molecule has 1 aromatic rings. The predicted molar refractivity (Wildman–Crippen MR) is 52.3 cm³/mol. The van der Waals surface area contributed by atoms with Crippen LogP contribution in [0, 0.1) is 0 Å². The molecule has 0 N–H and O–H groups in total. The van der Waals surface area contributed by atoms with Gasteiger partial charge in [-0.25, -0.2) is 0 Å². The molecule has 1 rings (SSSR count). The molecular formula is C10H9F3S. The summed E-state index contributed by atoms with van der Waals surface area (Å²) in [6.07, 6.45) is 2.39. The zero-order valence-electron chi connectivity index (χ0n) is 7.34. The van der Waals surface area contributed by atoms with Crippen molar-refractivity contribution in [2.24, 2.45) is 0 Å². The second kappa shape index (κ2) is 4.55. The zero-order valence-corrected chi connectivity index (χ0v) is 8.16. The largest absolute Gasteiger partial charge is 0.446 e. The average Bonchev–Trinajstić information content (AvgIpc) is 2.06. The first-order valence-corrected chi connectivity index (χ1v) is 4.78. The lowest BCUT2D eigenvalue weighted by molar-refractivity contribution is -0.0328. The number of benzene rings is 1. The molecule has 0 spiro atoms. The monoisotopic (exact) mass is 218 g/mol. The maximum atomic E-state index is 11.9. The fourth-order valence-electron chi connectivity index (χ4n) is 0.994. The van der Waals surface area contributed by atoms with Crippen molar-refractivity contribution in [2.45, 2.75) is 16.8 Å². The van der Waals surface area contributed by atoms with Crippen molar-refractivity contribution in [3.63, 3.8) is 0 Å². The molecule has 1 aromatic carbocycles. The van der Waals surface area contributed by atoms with Gasteiger partial charge in [0.2, 0.25) is 0 Å². The van der Waals surface area contributed by atoms with E-state index in [0.717, 1.165) is 5.56 Å². The second-order valence-corrected chi connectivity index (χ2v) is 3.82. The van der Waals surface area contributed by atoms with Gasteiger partial charge < -0.3 is 0 Å². The maximum Gasteiger partial charge on any atom is 0.446 e. The van der Waals surface area contributed by atoms with E-state index in [0.29, 0.717) is 6.42 Å². The van der Waals surface area contributed by atoms with Gasteiger partial charge in [-0.2, -0.15) is 13.2 Å². The van der Waals surface area contributed by atoms with Gasteiger partial charge in [-0.15, -0.1) is 6.58 Å². The summed E-state index contributed by atoms with van der Waals surface area (Å²) < 4.78 is 35.8. The van der Waals surface area contributed by atoms with Crippen LogP contribution in [-0.4, -0.2) is 5.51 Å². The third kappa shape index (κ3) is 3.87. The Balaban J connectivity index is 2.68. The van der Waals surface area contributed by atoms with Crippen molar-refractivity contribution in [1.29, 1.82) is 0 Å². The summed E-state index contributed by atoms with van der Waals surface area (Å²) in [6, 6.07) is 6.29. The Morgan fingerprint density at radius 2 is 1.79 bits per heavy atom. The maximum absolute atomic E-state index is 11.9. The molecule has 0 heterocycles. The van der Waals surface area contributed by atoms with E-state index in [1.165, 1.54) is 12.1 Å². The second-order valence-electron chi connectivity index (χ2n) is 2.68. The van der Waals surface area contributed by atoms with Crippen molar-refractivity contribution in [3.05, 3.63) is 42.5 Å². The molecule has 0 amide bonds. The predicted octanol–water partition coefficient (Wildman–Crippen LogP) is 4.03. The van der Waals surface area contributed by atoms with Crippen molar-refractivity contribution >= 4 is 11.8 Å². The zero-order chi connectivity index (χ0) is 10.6. The van der Waals surface area contributed by atoms with Crippen LogP contribution in [0.3, 0.4) is 0 Å². The lowest BCUT2D eigenvalue weighted by Gasteiger charge is -2.05. The number of rotatable bonds is 3. The molecule has 14 heavy (non-hydrogen) atoms.